The van der Waals surface area contributed by atoms with Crippen LogP contribution in [0.15, 0.2) is 65.6 Å². The van der Waals surface area contributed by atoms with Gasteiger partial charge in [0.1, 0.15) is 13.2 Å². The number of anilines is 1. The normalized spacial score (nSPS) is 13.9. The minimum absolute atomic E-state index is 0.187. The van der Waals surface area contributed by atoms with E-state index in [2.05, 4.69) is 11.4 Å². The van der Waals surface area contributed by atoms with E-state index in [0.29, 0.717) is 34.9 Å². The number of aryl methyl sites for hydroxylation is 2. The molecule has 1 aliphatic rings. The molecule has 39 heavy (non-hydrogen) atoms. The van der Waals surface area contributed by atoms with Gasteiger partial charge >= 0.3 is 0 Å². The summed E-state index contributed by atoms with van der Waals surface area (Å²) in [7, 11) is 0. The van der Waals surface area contributed by atoms with E-state index in [-0.39, 0.29) is 18.1 Å². The summed E-state index contributed by atoms with van der Waals surface area (Å²) in [5.74, 6) is -0.0342. The van der Waals surface area contributed by atoms with E-state index in [1.165, 1.54) is 0 Å². The second-order valence-electron chi connectivity index (χ2n) is 8.78. The first-order valence-corrected chi connectivity index (χ1v) is 13.1. The smallest absolute Gasteiger partial charge is 0.294 e. The average Bonchev–Trinajstić information content (AvgIpc) is 3.18. The molecule has 0 atom stereocenters. The molecule has 198 valence electrons. The number of benzene rings is 3. The molecular formula is C30H27N3O5S. The summed E-state index contributed by atoms with van der Waals surface area (Å²) in [5.41, 5.74) is 4.38. The van der Waals surface area contributed by atoms with Crippen molar-refractivity contribution in [3.63, 3.8) is 0 Å². The summed E-state index contributed by atoms with van der Waals surface area (Å²) >= 11 is 0.782. The highest BCUT2D eigenvalue weighted by molar-refractivity contribution is 8.18. The van der Waals surface area contributed by atoms with Crippen molar-refractivity contribution in [1.29, 1.82) is 5.26 Å². The molecule has 1 aliphatic heterocycles. The zero-order chi connectivity index (χ0) is 27.9. The summed E-state index contributed by atoms with van der Waals surface area (Å²) in [6.45, 7) is 5.80. The third kappa shape index (κ3) is 6.48. The molecule has 0 unspecified atom stereocenters. The molecule has 3 aromatic carbocycles. The van der Waals surface area contributed by atoms with Gasteiger partial charge in [-0.05, 0) is 73.5 Å². The standard InChI is InChI=1S/C30H27N3O5S/c1-4-37-25-14-21(12-13-24(25)38-18-23-11-6-5-10-22(23)16-31)15-26-29(35)33(30(36)39-26)17-27(34)32-28-19(2)8-7-9-20(28)3/h5-15H,4,17-18H2,1-3H3,(H,32,34)/b26-15+. The zero-order valence-corrected chi connectivity index (χ0v) is 22.6. The number of thioether (sulfide) groups is 1. The molecule has 0 aliphatic carbocycles. The highest BCUT2D eigenvalue weighted by Crippen LogP contribution is 2.35. The van der Waals surface area contributed by atoms with Crippen LogP contribution in [0.25, 0.3) is 6.08 Å². The zero-order valence-electron chi connectivity index (χ0n) is 21.8. The van der Waals surface area contributed by atoms with E-state index in [9.17, 15) is 19.6 Å². The second kappa shape index (κ2) is 12.3. The molecule has 0 saturated carbocycles. The number of carbonyl (C=O) groups excluding carboxylic acids is 3. The van der Waals surface area contributed by atoms with Gasteiger partial charge in [0.05, 0.1) is 23.1 Å². The fraction of sp³-hybridized carbons (Fsp3) is 0.200. The summed E-state index contributed by atoms with van der Waals surface area (Å²) in [6, 6.07) is 20.2. The number of ether oxygens (including phenoxy) is 2. The fourth-order valence-electron chi connectivity index (χ4n) is 4.03. The third-order valence-corrected chi connectivity index (χ3v) is 6.91. The predicted molar refractivity (Wildman–Crippen MR) is 150 cm³/mol. The van der Waals surface area contributed by atoms with Crippen LogP contribution >= 0.6 is 11.8 Å². The Morgan fingerprint density at radius 2 is 1.77 bits per heavy atom. The third-order valence-electron chi connectivity index (χ3n) is 6.01. The van der Waals surface area contributed by atoms with Gasteiger partial charge in [-0.25, -0.2) is 0 Å². The number of nitriles is 1. The molecule has 4 rings (SSSR count). The van der Waals surface area contributed by atoms with Crippen LogP contribution < -0.4 is 14.8 Å². The molecule has 0 spiro atoms. The molecule has 1 N–H and O–H groups in total. The molecule has 8 nitrogen and oxygen atoms in total. The Morgan fingerprint density at radius 3 is 2.49 bits per heavy atom. The number of nitrogens with zero attached hydrogens (tertiary/aromatic N) is 2. The first-order valence-electron chi connectivity index (χ1n) is 12.3. The summed E-state index contributed by atoms with van der Waals surface area (Å²) in [6.07, 6.45) is 1.59. The van der Waals surface area contributed by atoms with Crippen molar-refractivity contribution in [3.8, 4) is 17.6 Å². The fourth-order valence-corrected chi connectivity index (χ4v) is 4.87. The Hall–Kier alpha value is -4.55. The molecule has 1 fully saturated rings. The van der Waals surface area contributed by atoms with Crippen LogP contribution in [0.3, 0.4) is 0 Å². The maximum atomic E-state index is 13.0. The topological polar surface area (TPSA) is 109 Å². The van der Waals surface area contributed by atoms with Crippen molar-refractivity contribution in [2.75, 3.05) is 18.5 Å². The number of hydrogen-bond donors (Lipinski definition) is 1. The van der Waals surface area contributed by atoms with E-state index in [4.69, 9.17) is 9.47 Å². The Bertz CT molecular complexity index is 1490. The van der Waals surface area contributed by atoms with E-state index >= 15 is 0 Å². The highest BCUT2D eigenvalue weighted by atomic mass is 32.2. The molecule has 3 amide bonds. The summed E-state index contributed by atoms with van der Waals surface area (Å²) in [4.78, 5) is 39.4. The van der Waals surface area contributed by atoms with Gasteiger partial charge in [0, 0.05) is 11.3 Å². The van der Waals surface area contributed by atoms with Crippen LogP contribution in [0.2, 0.25) is 0 Å². The molecule has 0 radical (unpaired) electrons. The van der Waals surface area contributed by atoms with Crippen molar-refractivity contribution in [1.82, 2.24) is 4.90 Å². The molecule has 0 aromatic heterocycles. The lowest BCUT2D eigenvalue weighted by Gasteiger charge is -2.15. The number of nitrogens with one attached hydrogen (secondary N) is 1. The highest BCUT2D eigenvalue weighted by Gasteiger charge is 2.36. The van der Waals surface area contributed by atoms with Gasteiger partial charge in [0.2, 0.25) is 5.91 Å². The van der Waals surface area contributed by atoms with E-state index in [1.807, 2.05) is 51.1 Å². The lowest BCUT2D eigenvalue weighted by Crippen LogP contribution is -2.36. The lowest BCUT2D eigenvalue weighted by molar-refractivity contribution is -0.127. The molecule has 9 heteroatoms. The first-order chi connectivity index (χ1) is 18.8. The minimum atomic E-state index is -0.534. The predicted octanol–water partition coefficient (Wildman–Crippen LogP) is 5.83. The molecule has 1 heterocycles. The Labute approximate surface area is 231 Å². The van der Waals surface area contributed by atoms with Crippen LogP contribution in [-0.2, 0) is 16.2 Å². The van der Waals surface area contributed by atoms with Crippen LogP contribution in [0, 0.1) is 25.2 Å². The van der Waals surface area contributed by atoms with Crippen molar-refractivity contribution in [2.24, 2.45) is 0 Å². The second-order valence-corrected chi connectivity index (χ2v) is 9.77. The number of hydrogen-bond acceptors (Lipinski definition) is 7. The number of rotatable bonds is 9. The number of amides is 3. The maximum absolute atomic E-state index is 13.0. The Kier molecular flexibility index (Phi) is 8.69. The van der Waals surface area contributed by atoms with Gasteiger partial charge in [-0.2, -0.15) is 5.26 Å². The molecule has 3 aromatic rings. The van der Waals surface area contributed by atoms with Gasteiger partial charge in [0.15, 0.2) is 11.5 Å². The monoisotopic (exact) mass is 541 g/mol. The lowest BCUT2D eigenvalue weighted by atomic mass is 10.1. The summed E-state index contributed by atoms with van der Waals surface area (Å²) in [5, 5.41) is 11.6. The van der Waals surface area contributed by atoms with Gasteiger partial charge in [-0.15, -0.1) is 0 Å². The van der Waals surface area contributed by atoms with Crippen molar-refractivity contribution in [2.45, 2.75) is 27.4 Å². The minimum Gasteiger partial charge on any atom is -0.490 e. The number of carbonyl (C=O) groups is 3. The number of para-hydroxylation sites is 1. The quantitative estimate of drug-likeness (QED) is 0.340. The SMILES string of the molecule is CCOc1cc(/C=C2/SC(=O)N(CC(=O)Nc3c(C)cccc3C)C2=O)ccc1OCc1ccccc1C#N. The van der Waals surface area contributed by atoms with Gasteiger partial charge in [-0.3, -0.25) is 19.3 Å². The van der Waals surface area contributed by atoms with E-state index in [1.54, 1.807) is 36.4 Å². The van der Waals surface area contributed by atoms with Crippen LogP contribution in [0.5, 0.6) is 11.5 Å². The molecular weight excluding hydrogens is 514 g/mol. The van der Waals surface area contributed by atoms with E-state index < -0.39 is 17.1 Å². The van der Waals surface area contributed by atoms with Crippen LogP contribution in [-0.4, -0.2) is 35.1 Å². The average molecular weight is 542 g/mol. The van der Waals surface area contributed by atoms with Gasteiger partial charge in [0.25, 0.3) is 11.1 Å². The number of imide groups is 1. The van der Waals surface area contributed by atoms with Gasteiger partial charge in [-0.1, -0.05) is 42.5 Å². The van der Waals surface area contributed by atoms with Crippen LogP contribution in [0.1, 0.15) is 34.7 Å². The summed E-state index contributed by atoms with van der Waals surface area (Å²) < 4.78 is 11.7. The van der Waals surface area contributed by atoms with E-state index in [0.717, 1.165) is 33.4 Å². The maximum Gasteiger partial charge on any atom is 0.294 e. The van der Waals surface area contributed by atoms with Crippen molar-refractivity contribution < 1.29 is 23.9 Å². The molecule has 0 bridgehead atoms. The van der Waals surface area contributed by atoms with Crippen LogP contribution in [0.4, 0.5) is 10.5 Å². The van der Waals surface area contributed by atoms with Crippen molar-refractivity contribution >= 4 is 40.6 Å². The largest absolute Gasteiger partial charge is 0.490 e. The van der Waals surface area contributed by atoms with Gasteiger partial charge < -0.3 is 14.8 Å². The van der Waals surface area contributed by atoms with Crippen molar-refractivity contribution in [3.05, 3.63) is 93.4 Å². The Balaban J connectivity index is 1.47. The molecule has 1 saturated heterocycles. The first kappa shape index (κ1) is 27.5. The Morgan fingerprint density at radius 1 is 1.03 bits per heavy atom.